The van der Waals surface area contributed by atoms with Crippen LogP contribution >= 0.6 is 0 Å². The summed E-state index contributed by atoms with van der Waals surface area (Å²) in [6.45, 7) is 4.69. The highest BCUT2D eigenvalue weighted by molar-refractivity contribution is 6.01. The highest BCUT2D eigenvalue weighted by Crippen LogP contribution is 2.24. The van der Waals surface area contributed by atoms with Crippen molar-refractivity contribution in [2.24, 2.45) is 5.92 Å². The molecule has 5 nitrogen and oxygen atoms in total. The SMILES string of the molecule is C=CC(=O)N1CCC(C(=O)Nc2ccnc3ccccc23)CC1. The second kappa shape index (κ2) is 6.60. The first-order valence-corrected chi connectivity index (χ1v) is 7.75. The second-order valence-corrected chi connectivity index (χ2v) is 5.67. The molecule has 0 spiro atoms. The molecule has 0 radical (unpaired) electrons. The van der Waals surface area contributed by atoms with Crippen LogP contribution in [-0.4, -0.2) is 34.8 Å². The van der Waals surface area contributed by atoms with E-state index in [0.717, 1.165) is 16.6 Å². The third kappa shape index (κ3) is 3.23. The minimum Gasteiger partial charge on any atom is -0.339 e. The number of amides is 2. The van der Waals surface area contributed by atoms with E-state index in [2.05, 4.69) is 16.9 Å². The number of hydrogen-bond donors (Lipinski definition) is 1. The maximum absolute atomic E-state index is 12.5. The smallest absolute Gasteiger partial charge is 0.245 e. The summed E-state index contributed by atoms with van der Waals surface area (Å²) < 4.78 is 0. The Morgan fingerprint density at radius 1 is 1.22 bits per heavy atom. The molecule has 0 atom stereocenters. The molecule has 0 unspecified atom stereocenters. The number of carbonyl (C=O) groups is 2. The van der Waals surface area contributed by atoms with Crippen molar-refractivity contribution in [1.29, 1.82) is 0 Å². The van der Waals surface area contributed by atoms with Crippen molar-refractivity contribution in [3.8, 4) is 0 Å². The lowest BCUT2D eigenvalue weighted by Gasteiger charge is -2.30. The molecule has 23 heavy (non-hydrogen) atoms. The van der Waals surface area contributed by atoms with Gasteiger partial charge in [-0.05, 0) is 31.1 Å². The predicted molar refractivity (Wildman–Crippen MR) is 89.9 cm³/mol. The molecule has 1 aromatic heterocycles. The minimum atomic E-state index is -0.0733. The van der Waals surface area contributed by atoms with E-state index in [9.17, 15) is 9.59 Å². The van der Waals surface area contributed by atoms with Crippen molar-refractivity contribution in [3.63, 3.8) is 0 Å². The van der Waals surface area contributed by atoms with Gasteiger partial charge in [-0.25, -0.2) is 0 Å². The number of carbonyl (C=O) groups excluding carboxylic acids is 2. The number of hydrogen-bond acceptors (Lipinski definition) is 3. The zero-order valence-electron chi connectivity index (χ0n) is 12.9. The number of benzene rings is 1. The Hall–Kier alpha value is -2.69. The van der Waals surface area contributed by atoms with Gasteiger partial charge < -0.3 is 10.2 Å². The van der Waals surface area contributed by atoms with E-state index in [0.29, 0.717) is 25.9 Å². The Kier molecular flexibility index (Phi) is 4.37. The molecule has 118 valence electrons. The number of para-hydroxylation sites is 1. The fourth-order valence-electron chi connectivity index (χ4n) is 2.93. The van der Waals surface area contributed by atoms with Gasteiger partial charge in [-0.3, -0.25) is 14.6 Å². The van der Waals surface area contributed by atoms with E-state index in [4.69, 9.17) is 0 Å². The van der Waals surface area contributed by atoms with Gasteiger partial charge in [-0.2, -0.15) is 0 Å². The van der Waals surface area contributed by atoms with Gasteiger partial charge in [0.05, 0.1) is 11.2 Å². The largest absolute Gasteiger partial charge is 0.339 e. The van der Waals surface area contributed by atoms with Crippen LogP contribution in [0.4, 0.5) is 5.69 Å². The number of fused-ring (bicyclic) bond motifs is 1. The van der Waals surface area contributed by atoms with Crippen molar-refractivity contribution < 1.29 is 9.59 Å². The summed E-state index contributed by atoms with van der Waals surface area (Å²) in [6, 6.07) is 9.54. The first-order chi connectivity index (χ1) is 11.2. The number of pyridine rings is 1. The van der Waals surface area contributed by atoms with Gasteiger partial charge in [-0.15, -0.1) is 0 Å². The van der Waals surface area contributed by atoms with Crippen molar-refractivity contribution in [2.45, 2.75) is 12.8 Å². The van der Waals surface area contributed by atoms with Gasteiger partial charge in [0.25, 0.3) is 0 Å². The zero-order chi connectivity index (χ0) is 16.2. The standard InChI is InChI=1S/C18H19N3O2/c1-2-17(22)21-11-8-13(9-12-21)18(23)20-16-7-10-19-15-6-4-3-5-14(15)16/h2-7,10,13H,1,8-9,11-12H2,(H,19,20,23). The van der Waals surface area contributed by atoms with E-state index in [-0.39, 0.29) is 17.7 Å². The Labute approximate surface area is 135 Å². The molecule has 1 aromatic carbocycles. The highest BCUT2D eigenvalue weighted by Gasteiger charge is 2.26. The lowest BCUT2D eigenvalue weighted by atomic mass is 9.95. The van der Waals surface area contributed by atoms with Gasteiger partial charge in [0.1, 0.15) is 0 Å². The van der Waals surface area contributed by atoms with Crippen molar-refractivity contribution >= 4 is 28.4 Å². The lowest BCUT2D eigenvalue weighted by Crippen LogP contribution is -2.40. The summed E-state index contributed by atoms with van der Waals surface area (Å²) in [4.78, 5) is 30.1. The Balaban J connectivity index is 1.68. The zero-order valence-corrected chi connectivity index (χ0v) is 12.9. The molecule has 2 aromatic rings. The van der Waals surface area contributed by atoms with E-state index >= 15 is 0 Å². The number of piperidine rings is 1. The van der Waals surface area contributed by atoms with Crippen LogP contribution in [0.1, 0.15) is 12.8 Å². The third-order valence-electron chi connectivity index (χ3n) is 4.26. The van der Waals surface area contributed by atoms with Crippen molar-refractivity contribution in [2.75, 3.05) is 18.4 Å². The first kappa shape index (κ1) is 15.2. The molecule has 0 saturated carbocycles. The quantitative estimate of drug-likeness (QED) is 0.887. The minimum absolute atomic E-state index is 0.00653. The summed E-state index contributed by atoms with van der Waals surface area (Å²) in [6.07, 6.45) is 4.37. The number of rotatable bonds is 3. The molecule has 2 amide bonds. The van der Waals surface area contributed by atoms with Gasteiger partial charge >= 0.3 is 0 Å². The molecular formula is C18H19N3O2. The van der Waals surface area contributed by atoms with Crippen LogP contribution in [0.3, 0.4) is 0 Å². The molecule has 1 aliphatic rings. The Morgan fingerprint density at radius 2 is 1.96 bits per heavy atom. The maximum Gasteiger partial charge on any atom is 0.245 e. The third-order valence-corrected chi connectivity index (χ3v) is 4.26. The van der Waals surface area contributed by atoms with Crippen LogP contribution in [-0.2, 0) is 9.59 Å². The number of likely N-dealkylation sites (tertiary alicyclic amines) is 1. The number of nitrogens with one attached hydrogen (secondary N) is 1. The summed E-state index contributed by atoms with van der Waals surface area (Å²) in [5, 5.41) is 3.94. The van der Waals surface area contributed by atoms with Gasteiger partial charge in [-0.1, -0.05) is 24.8 Å². The molecule has 5 heteroatoms. The highest BCUT2D eigenvalue weighted by atomic mass is 16.2. The van der Waals surface area contributed by atoms with E-state index < -0.39 is 0 Å². The summed E-state index contributed by atoms with van der Waals surface area (Å²) in [7, 11) is 0. The van der Waals surface area contributed by atoms with Gasteiger partial charge in [0.15, 0.2) is 0 Å². The molecule has 1 fully saturated rings. The number of anilines is 1. The summed E-state index contributed by atoms with van der Waals surface area (Å²) >= 11 is 0. The molecular weight excluding hydrogens is 290 g/mol. The van der Waals surface area contributed by atoms with Crippen molar-refractivity contribution in [1.82, 2.24) is 9.88 Å². The van der Waals surface area contributed by atoms with Crippen LogP contribution in [0.2, 0.25) is 0 Å². The van der Waals surface area contributed by atoms with E-state index in [1.807, 2.05) is 30.3 Å². The molecule has 1 aliphatic heterocycles. The molecule has 1 N–H and O–H groups in total. The van der Waals surface area contributed by atoms with Crippen molar-refractivity contribution in [3.05, 3.63) is 49.2 Å². The topological polar surface area (TPSA) is 62.3 Å². The van der Waals surface area contributed by atoms with Crippen LogP contribution < -0.4 is 5.32 Å². The molecule has 1 saturated heterocycles. The summed E-state index contributed by atoms with van der Waals surface area (Å²) in [5.74, 6) is -0.133. The predicted octanol–water partition coefficient (Wildman–Crippen LogP) is 2.60. The molecule has 3 rings (SSSR count). The first-order valence-electron chi connectivity index (χ1n) is 7.75. The van der Waals surface area contributed by atoms with Crippen LogP contribution in [0, 0.1) is 5.92 Å². The number of nitrogens with zero attached hydrogens (tertiary/aromatic N) is 2. The fraction of sp³-hybridized carbons (Fsp3) is 0.278. The molecule has 0 bridgehead atoms. The average molecular weight is 309 g/mol. The summed E-state index contributed by atoms with van der Waals surface area (Å²) in [5.41, 5.74) is 1.64. The lowest BCUT2D eigenvalue weighted by molar-refractivity contribution is -0.130. The Morgan fingerprint density at radius 3 is 2.70 bits per heavy atom. The van der Waals surface area contributed by atoms with Crippen LogP contribution in [0.25, 0.3) is 10.9 Å². The Bertz CT molecular complexity index is 744. The average Bonchev–Trinajstić information content (AvgIpc) is 2.61. The van der Waals surface area contributed by atoms with Gasteiger partial charge in [0.2, 0.25) is 11.8 Å². The van der Waals surface area contributed by atoms with E-state index in [1.54, 1.807) is 11.1 Å². The number of aromatic nitrogens is 1. The normalized spacial score (nSPS) is 15.4. The monoisotopic (exact) mass is 309 g/mol. The molecule has 0 aliphatic carbocycles. The van der Waals surface area contributed by atoms with Gasteiger partial charge in [0, 0.05) is 30.6 Å². The van der Waals surface area contributed by atoms with Crippen LogP contribution in [0.5, 0.6) is 0 Å². The van der Waals surface area contributed by atoms with E-state index in [1.165, 1.54) is 6.08 Å². The second-order valence-electron chi connectivity index (χ2n) is 5.67. The maximum atomic E-state index is 12.5. The van der Waals surface area contributed by atoms with Crippen LogP contribution in [0.15, 0.2) is 49.2 Å². The molecule has 2 heterocycles. The fourth-order valence-corrected chi connectivity index (χ4v) is 2.93.